The van der Waals surface area contributed by atoms with Gasteiger partial charge in [0.05, 0.1) is 19.2 Å². The fourth-order valence-corrected chi connectivity index (χ4v) is 6.04. The Kier molecular flexibility index (Phi) is 7.65. The van der Waals surface area contributed by atoms with E-state index in [4.69, 9.17) is 14.2 Å². The Morgan fingerprint density at radius 1 is 1.13 bits per heavy atom. The topological polar surface area (TPSA) is 65.8 Å². The minimum absolute atomic E-state index is 0.00999. The van der Waals surface area contributed by atoms with E-state index in [1.54, 1.807) is 17.5 Å². The first-order valence-electron chi connectivity index (χ1n) is 13.6. The molecule has 6 rings (SSSR count). The van der Waals surface area contributed by atoms with Crippen LogP contribution in [0.25, 0.3) is 10.4 Å². The van der Waals surface area contributed by atoms with Gasteiger partial charge in [-0.05, 0) is 79.8 Å². The number of carbonyl (C=O) groups is 1. The van der Waals surface area contributed by atoms with Gasteiger partial charge < -0.3 is 19.1 Å². The normalized spacial score (nSPS) is 17.3. The van der Waals surface area contributed by atoms with Crippen LogP contribution in [0.4, 0.5) is 0 Å². The number of fused-ring (bicyclic) bond motifs is 1. The lowest BCUT2D eigenvalue weighted by molar-refractivity contribution is -0.0115. The van der Waals surface area contributed by atoms with Gasteiger partial charge in [0.25, 0.3) is 5.91 Å². The van der Waals surface area contributed by atoms with Crippen LogP contribution in [-0.2, 0) is 17.8 Å². The molecule has 39 heavy (non-hydrogen) atoms. The van der Waals surface area contributed by atoms with Crippen molar-refractivity contribution in [3.8, 4) is 21.9 Å². The number of amides is 1. The van der Waals surface area contributed by atoms with Crippen LogP contribution < -0.4 is 9.47 Å². The van der Waals surface area contributed by atoms with E-state index in [9.17, 15) is 4.79 Å². The third-order valence-electron chi connectivity index (χ3n) is 7.19. The molecule has 2 aromatic carbocycles. The average Bonchev–Trinajstić information content (AvgIpc) is 3.58. The Hall–Kier alpha value is -3.62. The SMILES string of the molecule is Cc1ccc(-c2cc3c(c(OC[C@@H]4CCCCO4)c2)OCCN(C(=O)c2cccc(Cn4cccn4)c2)C3)s1. The van der Waals surface area contributed by atoms with Crippen LogP contribution in [0.2, 0.25) is 0 Å². The van der Waals surface area contributed by atoms with Crippen LogP contribution in [0.15, 0.2) is 67.0 Å². The van der Waals surface area contributed by atoms with Crippen molar-refractivity contribution in [1.82, 2.24) is 14.7 Å². The van der Waals surface area contributed by atoms with Crippen LogP contribution >= 0.6 is 11.3 Å². The summed E-state index contributed by atoms with van der Waals surface area (Å²) in [5.74, 6) is 1.44. The number of hydrogen-bond donors (Lipinski definition) is 0. The molecule has 1 amide bonds. The van der Waals surface area contributed by atoms with Gasteiger partial charge in [-0.2, -0.15) is 5.10 Å². The van der Waals surface area contributed by atoms with Crippen molar-refractivity contribution in [2.24, 2.45) is 0 Å². The maximum atomic E-state index is 13.7. The smallest absolute Gasteiger partial charge is 0.254 e. The minimum atomic E-state index is -0.00999. The summed E-state index contributed by atoms with van der Waals surface area (Å²) in [6.45, 7) is 5.36. The number of ether oxygens (including phenoxy) is 3. The largest absolute Gasteiger partial charge is 0.487 e. The molecule has 202 valence electrons. The van der Waals surface area contributed by atoms with E-state index < -0.39 is 0 Å². The molecule has 0 unspecified atom stereocenters. The minimum Gasteiger partial charge on any atom is -0.487 e. The standard InChI is InChI=1S/C31H33N3O4S/c1-22-9-10-29(39-22)25-17-26-20-33(31(35)24-7-4-6-23(16-24)19-34-12-5-11-32-34)13-15-37-30(26)28(18-25)38-21-27-8-2-3-14-36-27/h4-7,9-12,16-18,27H,2-3,8,13-15,19-21H2,1H3/t27-/m0/s1. The van der Waals surface area contributed by atoms with Crippen molar-refractivity contribution < 1.29 is 19.0 Å². The number of thiophene rings is 1. The van der Waals surface area contributed by atoms with Gasteiger partial charge in [-0.3, -0.25) is 9.48 Å². The van der Waals surface area contributed by atoms with Crippen LogP contribution in [0.3, 0.4) is 0 Å². The number of nitrogens with zero attached hydrogens (tertiary/aromatic N) is 3. The molecule has 4 heterocycles. The fourth-order valence-electron chi connectivity index (χ4n) is 5.18. The van der Waals surface area contributed by atoms with Gasteiger partial charge in [0, 0.05) is 46.4 Å². The highest BCUT2D eigenvalue weighted by molar-refractivity contribution is 7.15. The zero-order valence-electron chi connectivity index (χ0n) is 22.2. The number of carbonyl (C=O) groups excluding carboxylic acids is 1. The van der Waals surface area contributed by atoms with E-state index in [1.807, 2.05) is 46.1 Å². The van der Waals surface area contributed by atoms with Gasteiger partial charge in [-0.1, -0.05) is 12.1 Å². The summed E-state index contributed by atoms with van der Waals surface area (Å²) in [7, 11) is 0. The third kappa shape index (κ3) is 6.02. The molecule has 0 radical (unpaired) electrons. The van der Waals surface area contributed by atoms with Crippen molar-refractivity contribution >= 4 is 17.2 Å². The number of aryl methyl sites for hydroxylation is 1. The number of benzene rings is 2. The Bertz CT molecular complexity index is 1430. The van der Waals surface area contributed by atoms with Crippen molar-refractivity contribution in [1.29, 1.82) is 0 Å². The molecule has 2 aliphatic heterocycles. The zero-order valence-corrected chi connectivity index (χ0v) is 23.0. The maximum absolute atomic E-state index is 13.7. The van der Waals surface area contributed by atoms with Crippen LogP contribution in [0, 0.1) is 6.92 Å². The summed E-state index contributed by atoms with van der Waals surface area (Å²) in [4.78, 5) is 18.0. The van der Waals surface area contributed by atoms with Crippen molar-refractivity contribution in [3.05, 3.63) is 88.6 Å². The predicted octanol–water partition coefficient (Wildman–Crippen LogP) is 5.95. The zero-order chi connectivity index (χ0) is 26.6. The van der Waals surface area contributed by atoms with E-state index in [0.717, 1.165) is 54.1 Å². The van der Waals surface area contributed by atoms with Gasteiger partial charge in [0.1, 0.15) is 13.2 Å². The molecule has 0 aliphatic carbocycles. The summed E-state index contributed by atoms with van der Waals surface area (Å²) >= 11 is 1.75. The quantitative estimate of drug-likeness (QED) is 0.288. The number of hydrogen-bond acceptors (Lipinski definition) is 6. The summed E-state index contributed by atoms with van der Waals surface area (Å²) in [6.07, 6.45) is 7.06. The van der Waals surface area contributed by atoms with E-state index in [-0.39, 0.29) is 12.0 Å². The molecule has 0 saturated carbocycles. The molecule has 0 N–H and O–H groups in total. The Morgan fingerprint density at radius 2 is 2.08 bits per heavy atom. The second kappa shape index (κ2) is 11.6. The highest BCUT2D eigenvalue weighted by Gasteiger charge is 2.26. The van der Waals surface area contributed by atoms with Gasteiger partial charge in [0.15, 0.2) is 11.5 Å². The third-order valence-corrected chi connectivity index (χ3v) is 8.24. The molecule has 7 nitrogen and oxygen atoms in total. The molecule has 2 aromatic heterocycles. The van der Waals surface area contributed by atoms with Crippen LogP contribution in [0.5, 0.6) is 11.5 Å². The van der Waals surface area contributed by atoms with Gasteiger partial charge in [-0.25, -0.2) is 0 Å². The second-order valence-electron chi connectivity index (χ2n) is 10.2. The first kappa shape index (κ1) is 25.6. The summed E-state index contributed by atoms with van der Waals surface area (Å²) in [5.41, 5.74) is 3.73. The molecule has 1 fully saturated rings. The van der Waals surface area contributed by atoms with Crippen LogP contribution in [-0.4, -0.2) is 53.1 Å². The first-order valence-corrected chi connectivity index (χ1v) is 14.4. The monoisotopic (exact) mass is 543 g/mol. The molecule has 2 aliphatic rings. The maximum Gasteiger partial charge on any atom is 0.254 e. The van der Waals surface area contributed by atoms with E-state index in [2.05, 4.69) is 36.3 Å². The summed E-state index contributed by atoms with van der Waals surface area (Å²) in [5, 5.41) is 4.29. The molecule has 8 heteroatoms. The van der Waals surface area contributed by atoms with Crippen molar-refractivity contribution in [3.63, 3.8) is 0 Å². The fraction of sp³-hybridized carbons (Fsp3) is 0.355. The molecular formula is C31H33N3O4S. The van der Waals surface area contributed by atoms with E-state index in [0.29, 0.717) is 38.4 Å². The Morgan fingerprint density at radius 3 is 2.87 bits per heavy atom. The molecule has 0 spiro atoms. The molecule has 0 bridgehead atoms. The van der Waals surface area contributed by atoms with Gasteiger partial charge in [0.2, 0.25) is 0 Å². The summed E-state index contributed by atoms with van der Waals surface area (Å²) in [6, 6.07) is 18.2. The summed E-state index contributed by atoms with van der Waals surface area (Å²) < 4.78 is 20.4. The lowest BCUT2D eigenvalue weighted by Crippen LogP contribution is -2.32. The molecule has 1 atom stereocenters. The van der Waals surface area contributed by atoms with Gasteiger partial charge >= 0.3 is 0 Å². The van der Waals surface area contributed by atoms with Gasteiger partial charge in [-0.15, -0.1) is 11.3 Å². The predicted molar refractivity (Wildman–Crippen MR) is 152 cm³/mol. The number of rotatable bonds is 7. The lowest BCUT2D eigenvalue weighted by atomic mass is 10.1. The van der Waals surface area contributed by atoms with Crippen molar-refractivity contribution in [2.75, 3.05) is 26.4 Å². The average molecular weight is 544 g/mol. The van der Waals surface area contributed by atoms with E-state index in [1.165, 1.54) is 9.75 Å². The molecule has 4 aromatic rings. The van der Waals surface area contributed by atoms with E-state index >= 15 is 0 Å². The first-order chi connectivity index (χ1) is 19.1. The van der Waals surface area contributed by atoms with Crippen LogP contribution in [0.1, 0.15) is 45.6 Å². The Labute approximate surface area is 232 Å². The second-order valence-corrected chi connectivity index (χ2v) is 11.4. The highest BCUT2D eigenvalue weighted by atomic mass is 32.1. The highest BCUT2D eigenvalue weighted by Crippen LogP contribution is 2.40. The van der Waals surface area contributed by atoms with Crippen molar-refractivity contribution in [2.45, 2.75) is 45.4 Å². The molecular weight excluding hydrogens is 510 g/mol. The number of aromatic nitrogens is 2. The molecule has 1 saturated heterocycles. The Balaban J connectivity index is 1.27. The lowest BCUT2D eigenvalue weighted by Gasteiger charge is -2.24.